The molecule has 1 N–H and O–H groups in total. The van der Waals surface area contributed by atoms with Gasteiger partial charge in [-0.1, -0.05) is 229 Å². The molecule has 0 spiro atoms. The number of aliphatic hydroxyl groups excluding tert-OH is 1. The van der Waals surface area contributed by atoms with Crippen molar-refractivity contribution in [1.82, 2.24) is 0 Å². The quantitative estimate of drug-likeness (QED) is 0.0378. The van der Waals surface area contributed by atoms with Crippen molar-refractivity contribution < 1.29 is 24.2 Å². The lowest BCUT2D eigenvalue weighted by Crippen LogP contribution is -2.28. The lowest BCUT2D eigenvalue weighted by Gasteiger charge is -2.15. The monoisotopic (exact) mass is 797 g/mol. The first-order valence-corrected chi connectivity index (χ1v) is 24.3. The highest BCUT2D eigenvalue weighted by atomic mass is 16.6. The molecule has 57 heavy (non-hydrogen) atoms. The van der Waals surface area contributed by atoms with Gasteiger partial charge in [0.15, 0.2) is 6.10 Å². The molecule has 0 bridgehead atoms. The van der Waals surface area contributed by atoms with E-state index in [0.717, 1.165) is 70.6 Å². The molecule has 0 rings (SSSR count). The zero-order valence-electron chi connectivity index (χ0n) is 37.6. The molecule has 0 heterocycles. The molecule has 330 valence electrons. The SMILES string of the molecule is CC/C=C\C/C=C\C/C=C\C/C=C\C/C=C\CCCCCCCCCCCCCCCC(=O)OC(CO)COC(=O)CCCCCCCCCCCCCCCC. The number of rotatable bonds is 44. The third-order valence-electron chi connectivity index (χ3n) is 10.6. The molecule has 0 aromatic carbocycles. The number of unbranched alkanes of at least 4 members (excludes halogenated alkanes) is 26. The summed E-state index contributed by atoms with van der Waals surface area (Å²) in [5.41, 5.74) is 0. The van der Waals surface area contributed by atoms with Gasteiger partial charge >= 0.3 is 11.9 Å². The van der Waals surface area contributed by atoms with Crippen molar-refractivity contribution in [3.63, 3.8) is 0 Å². The van der Waals surface area contributed by atoms with Crippen LogP contribution in [0.25, 0.3) is 0 Å². The molecule has 5 heteroatoms. The zero-order valence-corrected chi connectivity index (χ0v) is 37.6. The predicted molar refractivity (Wildman–Crippen MR) is 247 cm³/mol. The van der Waals surface area contributed by atoms with Gasteiger partial charge in [0.05, 0.1) is 6.61 Å². The predicted octanol–water partition coefficient (Wildman–Crippen LogP) is 15.9. The maximum atomic E-state index is 12.2. The molecular formula is C52H92O5. The number of aliphatic hydroxyl groups is 1. The molecule has 1 unspecified atom stereocenters. The van der Waals surface area contributed by atoms with Crippen LogP contribution in [0.4, 0.5) is 0 Å². The highest BCUT2D eigenvalue weighted by Gasteiger charge is 2.16. The Labute approximate surface area is 353 Å². The molecule has 5 nitrogen and oxygen atoms in total. The number of hydrogen-bond acceptors (Lipinski definition) is 5. The van der Waals surface area contributed by atoms with Crippen molar-refractivity contribution in [2.24, 2.45) is 0 Å². The van der Waals surface area contributed by atoms with Gasteiger partial charge in [-0.25, -0.2) is 0 Å². The van der Waals surface area contributed by atoms with Crippen LogP contribution < -0.4 is 0 Å². The first-order valence-electron chi connectivity index (χ1n) is 24.3. The first-order chi connectivity index (χ1) is 28.1. The van der Waals surface area contributed by atoms with Crippen LogP contribution in [0.2, 0.25) is 0 Å². The van der Waals surface area contributed by atoms with Gasteiger partial charge < -0.3 is 14.6 Å². The Morgan fingerprint density at radius 3 is 1.14 bits per heavy atom. The van der Waals surface area contributed by atoms with E-state index in [-0.39, 0.29) is 25.2 Å². The smallest absolute Gasteiger partial charge is 0.306 e. The Hall–Kier alpha value is -2.40. The summed E-state index contributed by atoms with van der Waals surface area (Å²) in [6.45, 7) is 4.04. The van der Waals surface area contributed by atoms with Gasteiger partial charge in [-0.05, 0) is 57.8 Å². The summed E-state index contributed by atoms with van der Waals surface area (Å²) in [4.78, 5) is 24.4. The van der Waals surface area contributed by atoms with Crippen LogP contribution in [0, 0.1) is 0 Å². The Bertz CT molecular complexity index is 992. The van der Waals surface area contributed by atoms with Crippen molar-refractivity contribution >= 4 is 11.9 Å². The van der Waals surface area contributed by atoms with E-state index in [4.69, 9.17) is 9.47 Å². The van der Waals surface area contributed by atoms with E-state index < -0.39 is 6.10 Å². The number of carbonyl (C=O) groups excluding carboxylic acids is 2. The van der Waals surface area contributed by atoms with Crippen molar-refractivity contribution in [3.05, 3.63) is 60.8 Å². The number of carbonyl (C=O) groups is 2. The Morgan fingerprint density at radius 2 is 0.754 bits per heavy atom. The van der Waals surface area contributed by atoms with Crippen LogP contribution in [0.15, 0.2) is 60.8 Å². The summed E-state index contributed by atoms with van der Waals surface area (Å²) < 4.78 is 10.7. The molecular weight excluding hydrogens is 705 g/mol. The molecule has 0 aliphatic rings. The Balaban J connectivity index is 3.49. The number of hydrogen-bond donors (Lipinski definition) is 1. The molecule has 0 aliphatic carbocycles. The molecule has 0 aromatic heterocycles. The van der Waals surface area contributed by atoms with Crippen LogP contribution in [-0.4, -0.2) is 36.4 Å². The number of allylic oxidation sites excluding steroid dienone is 10. The number of esters is 2. The minimum absolute atomic E-state index is 0.0640. The van der Waals surface area contributed by atoms with Gasteiger partial charge in [0, 0.05) is 12.8 Å². The topological polar surface area (TPSA) is 72.8 Å². The molecule has 0 fully saturated rings. The van der Waals surface area contributed by atoms with Crippen molar-refractivity contribution in [2.45, 2.75) is 245 Å². The Kier molecular flexibility index (Phi) is 46.0. The van der Waals surface area contributed by atoms with Crippen LogP contribution in [0.5, 0.6) is 0 Å². The maximum Gasteiger partial charge on any atom is 0.306 e. The highest BCUT2D eigenvalue weighted by Crippen LogP contribution is 2.16. The molecule has 0 aromatic rings. The number of ether oxygens (including phenoxy) is 2. The van der Waals surface area contributed by atoms with Gasteiger partial charge in [-0.2, -0.15) is 0 Å². The molecule has 0 saturated carbocycles. The largest absolute Gasteiger partial charge is 0.462 e. The summed E-state index contributed by atoms with van der Waals surface area (Å²) in [6.07, 6.45) is 63.1. The molecule has 0 aliphatic heterocycles. The standard InChI is InChI=1S/C52H92O5/c1-3-5-7-9-11-13-15-17-19-20-21-22-23-24-25-26-27-28-29-30-31-32-33-35-37-39-41-43-45-47-52(55)57-50(48-53)49-56-51(54)46-44-42-40-38-36-34-18-16-14-12-10-8-6-4-2/h5,7,11,13,17,19,21-22,24-25,50,53H,3-4,6,8-10,12,14-16,18,20,23,26-49H2,1-2H3/b7-5-,13-11-,19-17-,22-21-,25-24-. The fraction of sp³-hybridized carbons (Fsp3) is 0.769. The summed E-state index contributed by atoms with van der Waals surface area (Å²) in [5, 5.41) is 9.60. The molecule has 1 atom stereocenters. The maximum absolute atomic E-state index is 12.2. The van der Waals surface area contributed by atoms with Gasteiger partial charge in [0.1, 0.15) is 6.61 Å². The second-order valence-electron chi connectivity index (χ2n) is 16.2. The highest BCUT2D eigenvalue weighted by molar-refractivity contribution is 5.70. The van der Waals surface area contributed by atoms with Crippen molar-refractivity contribution in [2.75, 3.05) is 13.2 Å². The molecule has 0 saturated heterocycles. The van der Waals surface area contributed by atoms with Gasteiger partial charge in [0.25, 0.3) is 0 Å². The van der Waals surface area contributed by atoms with E-state index in [1.54, 1.807) is 0 Å². The van der Waals surface area contributed by atoms with Crippen molar-refractivity contribution in [3.8, 4) is 0 Å². The van der Waals surface area contributed by atoms with E-state index in [1.165, 1.54) is 141 Å². The van der Waals surface area contributed by atoms with E-state index in [9.17, 15) is 14.7 Å². The minimum atomic E-state index is -0.771. The van der Waals surface area contributed by atoms with E-state index in [0.29, 0.717) is 12.8 Å². The van der Waals surface area contributed by atoms with Gasteiger partial charge in [-0.3, -0.25) is 9.59 Å². The second-order valence-corrected chi connectivity index (χ2v) is 16.2. The zero-order chi connectivity index (χ0) is 41.4. The minimum Gasteiger partial charge on any atom is -0.462 e. The van der Waals surface area contributed by atoms with Crippen LogP contribution in [0.1, 0.15) is 239 Å². The van der Waals surface area contributed by atoms with Crippen molar-refractivity contribution in [1.29, 1.82) is 0 Å². The average Bonchev–Trinajstić information content (AvgIpc) is 3.21. The van der Waals surface area contributed by atoms with Crippen LogP contribution >= 0.6 is 0 Å². The summed E-state index contributed by atoms with van der Waals surface area (Å²) >= 11 is 0. The van der Waals surface area contributed by atoms with Crippen LogP contribution in [0.3, 0.4) is 0 Å². The summed E-state index contributed by atoms with van der Waals surface area (Å²) in [5.74, 6) is -0.585. The van der Waals surface area contributed by atoms with Crippen LogP contribution in [-0.2, 0) is 19.1 Å². The second kappa shape index (κ2) is 48.0. The average molecular weight is 797 g/mol. The lowest BCUT2D eigenvalue weighted by molar-refractivity contribution is -0.161. The fourth-order valence-electron chi connectivity index (χ4n) is 6.94. The first kappa shape index (κ1) is 54.6. The van der Waals surface area contributed by atoms with E-state index in [1.807, 2.05) is 0 Å². The van der Waals surface area contributed by atoms with Gasteiger partial charge in [0.2, 0.25) is 0 Å². The third-order valence-corrected chi connectivity index (χ3v) is 10.6. The molecule has 0 radical (unpaired) electrons. The van der Waals surface area contributed by atoms with E-state index in [2.05, 4.69) is 74.6 Å². The lowest BCUT2D eigenvalue weighted by atomic mass is 10.0. The fourth-order valence-corrected chi connectivity index (χ4v) is 6.94. The van der Waals surface area contributed by atoms with E-state index >= 15 is 0 Å². The normalized spacial score (nSPS) is 12.7. The summed E-state index contributed by atoms with van der Waals surface area (Å²) in [6, 6.07) is 0. The third kappa shape index (κ3) is 46.2. The molecule has 0 amide bonds. The summed E-state index contributed by atoms with van der Waals surface area (Å²) in [7, 11) is 0. The Morgan fingerprint density at radius 1 is 0.421 bits per heavy atom. The van der Waals surface area contributed by atoms with Gasteiger partial charge in [-0.15, -0.1) is 0 Å².